The molecule has 6 rings (SSSR count). The van der Waals surface area contributed by atoms with Crippen LogP contribution < -0.4 is 19.6 Å². The Morgan fingerprint density at radius 2 is 1.06 bits per heavy atom. The maximum atomic E-state index is 4.69. The summed E-state index contributed by atoms with van der Waals surface area (Å²) in [4.78, 5) is 14.4. The van der Waals surface area contributed by atoms with Gasteiger partial charge in [-0.25, -0.2) is 4.98 Å². The summed E-state index contributed by atoms with van der Waals surface area (Å²) >= 11 is 0. The first-order chi connectivity index (χ1) is 16.9. The predicted molar refractivity (Wildman–Crippen MR) is 142 cm³/mol. The Kier molecular flexibility index (Phi) is 5.52. The number of pyridine rings is 1. The quantitative estimate of drug-likeness (QED) is 0.306. The molecule has 0 saturated carbocycles. The van der Waals surface area contributed by atoms with Gasteiger partial charge in [0.2, 0.25) is 0 Å². The highest BCUT2D eigenvalue weighted by atomic mass is 15.4. The van der Waals surface area contributed by atoms with Crippen LogP contribution in [-0.2, 0) is 0 Å². The predicted octanol–water partition coefficient (Wildman–Crippen LogP) is 6.39. The number of hydrogen-bond acceptors (Lipinski definition) is 5. The fraction of sp³-hybridized carbons (Fsp3) is 0.207. The molecule has 5 heteroatoms. The van der Waals surface area contributed by atoms with Gasteiger partial charge in [-0.05, 0) is 61.4 Å². The number of benzene rings is 3. The van der Waals surface area contributed by atoms with Crippen LogP contribution in [-0.4, -0.2) is 31.4 Å². The van der Waals surface area contributed by atoms with E-state index in [-0.39, 0.29) is 0 Å². The zero-order chi connectivity index (χ0) is 22.7. The van der Waals surface area contributed by atoms with Gasteiger partial charge in [0, 0.05) is 30.7 Å². The minimum absolute atomic E-state index is 0.852. The molecular formula is C29H29N5. The highest BCUT2D eigenvalue weighted by Crippen LogP contribution is 2.41. The average molecular weight is 448 g/mol. The second kappa shape index (κ2) is 9.10. The van der Waals surface area contributed by atoms with Gasteiger partial charge in [0.05, 0.1) is 30.4 Å². The van der Waals surface area contributed by atoms with Gasteiger partial charge in [-0.2, -0.15) is 0 Å². The van der Waals surface area contributed by atoms with Gasteiger partial charge in [-0.3, -0.25) is 0 Å². The summed E-state index contributed by atoms with van der Waals surface area (Å²) in [6.07, 6.45) is 4.18. The maximum absolute atomic E-state index is 4.69. The molecule has 170 valence electrons. The van der Waals surface area contributed by atoms with Crippen molar-refractivity contribution < 1.29 is 0 Å². The van der Waals surface area contributed by atoms with E-state index >= 15 is 0 Å². The lowest BCUT2D eigenvalue weighted by molar-refractivity contribution is 0.678. The summed E-state index contributed by atoms with van der Waals surface area (Å²) in [5, 5.41) is 0. The second-order valence-electron chi connectivity index (χ2n) is 8.88. The van der Waals surface area contributed by atoms with E-state index in [1.54, 1.807) is 0 Å². The van der Waals surface area contributed by atoms with Crippen molar-refractivity contribution in [2.24, 2.45) is 0 Å². The lowest BCUT2D eigenvalue weighted by Gasteiger charge is -2.23. The molecule has 0 amide bonds. The number of para-hydroxylation sites is 4. The van der Waals surface area contributed by atoms with Crippen LogP contribution >= 0.6 is 0 Å². The van der Waals surface area contributed by atoms with Crippen LogP contribution in [0, 0.1) is 0 Å². The first-order valence-corrected chi connectivity index (χ1v) is 12.1. The van der Waals surface area contributed by atoms with E-state index in [4.69, 9.17) is 4.98 Å². The van der Waals surface area contributed by atoms with Gasteiger partial charge < -0.3 is 19.6 Å². The van der Waals surface area contributed by atoms with Crippen LogP contribution in [0.5, 0.6) is 0 Å². The molecule has 5 nitrogen and oxygen atoms in total. The molecule has 0 N–H and O–H groups in total. The van der Waals surface area contributed by atoms with Crippen molar-refractivity contribution in [2.75, 3.05) is 46.0 Å². The number of anilines is 6. The van der Waals surface area contributed by atoms with E-state index in [1.807, 2.05) is 12.3 Å². The topological polar surface area (TPSA) is 25.9 Å². The van der Waals surface area contributed by atoms with E-state index in [9.17, 15) is 0 Å². The molecule has 1 aromatic heterocycles. The molecule has 0 radical (unpaired) electrons. The van der Waals surface area contributed by atoms with Crippen molar-refractivity contribution in [3.63, 3.8) is 0 Å². The maximum Gasteiger partial charge on any atom is 0.158 e. The Morgan fingerprint density at radius 1 is 0.529 bits per heavy atom. The standard InChI is InChI=1S/C29H29N5/c1-3-12-24(13-4-1)33-22-31(26-16-7-8-17-27(26)33)20-9-10-21-32-23-34(25-14-5-2-6-15-25)29-28(32)18-11-19-30-29/h1-8,11-19H,9-10,20-23H2. The van der Waals surface area contributed by atoms with Gasteiger partial charge >= 0.3 is 0 Å². The monoisotopic (exact) mass is 447 g/mol. The molecule has 0 aliphatic carbocycles. The third-order valence-electron chi connectivity index (χ3n) is 6.74. The van der Waals surface area contributed by atoms with Crippen LogP contribution in [0.2, 0.25) is 0 Å². The number of unbranched alkanes of at least 4 members (excludes halogenated alkanes) is 1. The third kappa shape index (κ3) is 3.83. The van der Waals surface area contributed by atoms with E-state index in [2.05, 4.69) is 111 Å². The smallest absolute Gasteiger partial charge is 0.158 e. The average Bonchev–Trinajstić information content (AvgIpc) is 3.47. The summed E-state index contributed by atoms with van der Waals surface area (Å²) in [5.41, 5.74) is 6.30. The molecule has 0 fully saturated rings. The Hall–Kier alpha value is -3.99. The van der Waals surface area contributed by atoms with Crippen molar-refractivity contribution >= 4 is 34.3 Å². The summed E-state index contributed by atoms with van der Waals surface area (Å²) < 4.78 is 0. The Bertz CT molecular complexity index is 1140. The molecule has 0 bridgehead atoms. The molecule has 2 aliphatic rings. The fourth-order valence-electron chi connectivity index (χ4n) is 5.07. The molecular weight excluding hydrogens is 418 g/mol. The van der Waals surface area contributed by atoms with E-state index in [0.29, 0.717) is 0 Å². The van der Waals surface area contributed by atoms with Crippen molar-refractivity contribution in [3.05, 3.63) is 103 Å². The van der Waals surface area contributed by atoms with Gasteiger partial charge in [-0.15, -0.1) is 0 Å². The molecule has 3 aromatic carbocycles. The zero-order valence-electron chi connectivity index (χ0n) is 19.3. The minimum Gasteiger partial charge on any atom is -0.352 e. The molecule has 0 atom stereocenters. The van der Waals surface area contributed by atoms with Crippen molar-refractivity contribution in [1.29, 1.82) is 0 Å². The third-order valence-corrected chi connectivity index (χ3v) is 6.74. The van der Waals surface area contributed by atoms with Gasteiger partial charge in [-0.1, -0.05) is 48.5 Å². The lowest BCUT2D eigenvalue weighted by Crippen LogP contribution is -2.31. The van der Waals surface area contributed by atoms with Crippen LogP contribution in [0.15, 0.2) is 103 Å². The van der Waals surface area contributed by atoms with E-state index in [1.165, 1.54) is 28.4 Å². The lowest BCUT2D eigenvalue weighted by atomic mass is 10.2. The van der Waals surface area contributed by atoms with Crippen molar-refractivity contribution in [1.82, 2.24) is 4.98 Å². The number of hydrogen-bond donors (Lipinski definition) is 0. The van der Waals surface area contributed by atoms with E-state index < -0.39 is 0 Å². The normalized spacial score (nSPS) is 14.5. The zero-order valence-corrected chi connectivity index (χ0v) is 19.3. The number of nitrogens with zero attached hydrogens (tertiary/aromatic N) is 5. The summed E-state index contributed by atoms with van der Waals surface area (Å²) in [7, 11) is 0. The number of aromatic nitrogens is 1. The Morgan fingerprint density at radius 3 is 1.76 bits per heavy atom. The van der Waals surface area contributed by atoms with Gasteiger partial charge in [0.15, 0.2) is 5.82 Å². The Labute approximate surface area is 201 Å². The molecule has 4 aromatic rings. The molecule has 0 unspecified atom stereocenters. The van der Waals surface area contributed by atoms with Gasteiger partial charge in [0.25, 0.3) is 0 Å². The van der Waals surface area contributed by atoms with Crippen LogP contribution in [0.25, 0.3) is 0 Å². The highest BCUT2D eigenvalue weighted by molar-refractivity contribution is 5.82. The van der Waals surface area contributed by atoms with Gasteiger partial charge in [0.1, 0.15) is 0 Å². The molecule has 3 heterocycles. The molecule has 2 aliphatic heterocycles. The molecule has 0 saturated heterocycles. The van der Waals surface area contributed by atoms with Crippen LogP contribution in [0.4, 0.5) is 34.3 Å². The first kappa shape index (κ1) is 20.6. The minimum atomic E-state index is 0.852. The van der Waals surface area contributed by atoms with Crippen molar-refractivity contribution in [2.45, 2.75) is 12.8 Å². The van der Waals surface area contributed by atoms with Crippen LogP contribution in [0.1, 0.15) is 12.8 Å². The summed E-state index contributed by atoms with van der Waals surface area (Å²) in [6, 6.07) is 34.2. The molecule has 0 spiro atoms. The number of fused-ring (bicyclic) bond motifs is 2. The largest absolute Gasteiger partial charge is 0.352 e. The SMILES string of the molecule is c1ccc(N2CN(CCCCN3CN(c4ccccc4)c4ncccc43)c3ccccc32)cc1. The first-order valence-electron chi connectivity index (χ1n) is 12.1. The van der Waals surface area contributed by atoms with Crippen molar-refractivity contribution in [3.8, 4) is 0 Å². The Balaban J connectivity index is 1.10. The summed E-state index contributed by atoms with van der Waals surface area (Å²) in [5.74, 6) is 1.06. The fourth-order valence-corrected chi connectivity index (χ4v) is 5.07. The van der Waals surface area contributed by atoms with Crippen LogP contribution in [0.3, 0.4) is 0 Å². The van der Waals surface area contributed by atoms with E-state index in [0.717, 1.165) is 45.1 Å². The molecule has 34 heavy (non-hydrogen) atoms. The second-order valence-corrected chi connectivity index (χ2v) is 8.88. The number of rotatable bonds is 7. The summed E-state index contributed by atoms with van der Waals surface area (Å²) in [6.45, 7) is 3.84. The highest BCUT2D eigenvalue weighted by Gasteiger charge is 2.28.